The van der Waals surface area contributed by atoms with Crippen LogP contribution in [0.1, 0.15) is 17.5 Å². The average Bonchev–Trinajstić information content (AvgIpc) is 2.76. The molecule has 0 aromatic heterocycles. The molecule has 0 radical (unpaired) electrons. The van der Waals surface area contributed by atoms with Crippen LogP contribution in [0.2, 0.25) is 0 Å². The number of hydrogen-bond acceptors (Lipinski definition) is 8. The van der Waals surface area contributed by atoms with Crippen molar-refractivity contribution in [3.05, 3.63) is 35.4 Å². The SMILES string of the molecule is COc1cc(CN2CCCN(Cc3cc(OC)c(O)c(OC)c3)C2)cc(OC)c1O. The summed E-state index contributed by atoms with van der Waals surface area (Å²) >= 11 is 0. The number of hydrogen-bond donors (Lipinski definition) is 2. The van der Waals surface area contributed by atoms with E-state index in [4.69, 9.17) is 18.9 Å². The van der Waals surface area contributed by atoms with Crippen molar-refractivity contribution in [2.24, 2.45) is 0 Å². The molecule has 0 bridgehead atoms. The van der Waals surface area contributed by atoms with Crippen molar-refractivity contribution in [1.82, 2.24) is 9.80 Å². The number of nitrogens with zero attached hydrogens (tertiary/aromatic N) is 2. The van der Waals surface area contributed by atoms with E-state index in [1.54, 1.807) is 0 Å². The van der Waals surface area contributed by atoms with Crippen LogP contribution in [0.4, 0.5) is 0 Å². The number of ether oxygens (including phenoxy) is 4. The molecule has 0 aliphatic carbocycles. The van der Waals surface area contributed by atoms with E-state index in [-0.39, 0.29) is 11.5 Å². The first-order chi connectivity index (χ1) is 14.5. The molecule has 1 heterocycles. The Morgan fingerprint density at radius 3 is 1.30 bits per heavy atom. The lowest BCUT2D eigenvalue weighted by Crippen LogP contribution is -2.43. The summed E-state index contributed by atoms with van der Waals surface area (Å²) in [5.74, 6) is 1.64. The van der Waals surface area contributed by atoms with Crippen molar-refractivity contribution in [1.29, 1.82) is 0 Å². The fourth-order valence-electron chi connectivity index (χ4n) is 3.79. The molecule has 0 spiro atoms. The van der Waals surface area contributed by atoms with Gasteiger partial charge in [0, 0.05) is 26.2 Å². The molecule has 2 N–H and O–H groups in total. The maximum atomic E-state index is 10.1. The van der Waals surface area contributed by atoms with E-state index >= 15 is 0 Å². The van der Waals surface area contributed by atoms with Gasteiger partial charge in [0.1, 0.15) is 0 Å². The van der Waals surface area contributed by atoms with Gasteiger partial charge in [0.05, 0.1) is 35.1 Å². The molecule has 0 amide bonds. The van der Waals surface area contributed by atoms with Crippen LogP contribution in [0.25, 0.3) is 0 Å². The van der Waals surface area contributed by atoms with E-state index in [9.17, 15) is 10.2 Å². The van der Waals surface area contributed by atoms with Crippen LogP contribution in [-0.4, -0.2) is 68.2 Å². The molecule has 2 aromatic carbocycles. The largest absolute Gasteiger partial charge is 0.502 e. The second-order valence-corrected chi connectivity index (χ2v) is 7.30. The van der Waals surface area contributed by atoms with Gasteiger partial charge in [0.25, 0.3) is 0 Å². The van der Waals surface area contributed by atoms with Gasteiger partial charge in [0.2, 0.25) is 11.5 Å². The van der Waals surface area contributed by atoms with Gasteiger partial charge < -0.3 is 29.2 Å². The topological polar surface area (TPSA) is 83.9 Å². The summed E-state index contributed by atoms with van der Waals surface area (Å²) in [4.78, 5) is 4.67. The van der Waals surface area contributed by atoms with E-state index in [1.165, 1.54) is 28.4 Å². The third-order valence-corrected chi connectivity index (χ3v) is 5.24. The molecule has 0 atom stereocenters. The Labute approximate surface area is 177 Å². The summed E-state index contributed by atoms with van der Waals surface area (Å²) in [7, 11) is 6.12. The minimum atomic E-state index is 0.0132. The van der Waals surface area contributed by atoms with Crippen LogP contribution in [0.5, 0.6) is 34.5 Å². The number of rotatable bonds is 8. The standard InChI is InChI=1S/C22H30N2O6/c1-27-17-8-15(9-18(28-2)21(17)25)12-23-6-5-7-24(14-23)13-16-10-19(29-3)22(26)20(11-16)30-4/h8-11,25-26H,5-7,12-14H2,1-4H3. The molecule has 3 rings (SSSR count). The summed E-state index contributed by atoms with van der Waals surface area (Å²) < 4.78 is 21.1. The maximum Gasteiger partial charge on any atom is 0.200 e. The second-order valence-electron chi connectivity index (χ2n) is 7.30. The van der Waals surface area contributed by atoms with E-state index in [0.29, 0.717) is 36.1 Å². The molecule has 8 nitrogen and oxygen atoms in total. The third-order valence-electron chi connectivity index (χ3n) is 5.24. The first-order valence-corrected chi connectivity index (χ1v) is 9.81. The molecule has 8 heteroatoms. The molecule has 1 aliphatic rings. The summed E-state index contributed by atoms with van der Waals surface area (Å²) in [5.41, 5.74) is 2.02. The highest BCUT2D eigenvalue weighted by atomic mass is 16.5. The molecule has 2 aromatic rings. The molecule has 1 aliphatic heterocycles. The van der Waals surface area contributed by atoms with Gasteiger partial charge in [0.15, 0.2) is 23.0 Å². The highest BCUT2D eigenvalue weighted by molar-refractivity contribution is 5.53. The highest BCUT2D eigenvalue weighted by Crippen LogP contribution is 2.38. The minimum absolute atomic E-state index is 0.0132. The molecule has 30 heavy (non-hydrogen) atoms. The highest BCUT2D eigenvalue weighted by Gasteiger charge is 2.21. The predicted molar refractivity (Wildman–Crippen MR) is 113 cm³/mol. The molecule has 0 unspecified atom stereocenters. The van der Waals surface area contributed by atoms with Gasteiger partial charge in [-0.3, -0.25) is 9.80 Å². The van der Waals surface area contributed by atoms with Crippen LogP contribution in [-0.2, 0) is 13.1 Å². The summed E-state index contributed by atoms with van der Waals surface area (Å²) in [6.45, 7) is 4.17. The second kappa shape index (κ2) is 9.77. The predicted octanol–water partition coefficient (Wildman–Crippen LogP) is 2.80. The molecule has 164 valence electrons. The lowest BCUT2D eigenvalue weighted by Gasteiger charge is -2.35. The molecular weight excluding hydrogens is 388 g/mol. The zero-order chi connectivity index (χ0) is 21.7. The Morgan fingerprint density at radius 2 is 1.00 bits per heavy atom. The zero-order valence-corrected chi connectivity index (χ0v) is 18.0. The minimum Gasteiger partial charge on any atom is -0.502 e. The summed E-state index contributed by atoms with van der Waals surface area (Å²) in [6, 6.07) is 7.36. The summed E-state index contributed by atoms with van der Waals surface area (Å²) in [5, 5.41) is 20.2. The van der Waals surface area contributed by atoms with Crippen molar-refractivity contribution < 1.29 is 29.2 Å². The molecule has 0 saturated carbocycles. The first-order valence-electron chi connectivity index (χ1n) is 9.81. The average molecular weight is 418 g/mol. The van der Waals surface area contributed by atoms with E-state index in [0.717, 1.165) is 37.3 Å². The Kier molecular flexibility index (Phi) is 7.12. The van der Waals surface area contributed by atoms with Crippen molar-refractivity contribution in [2.45, 2.75) is 19.5 Å². The van der Waals surface area contributed by atoms with Crippen molar-refractivity contribution in [3.8, 4) is 34.5 Å². The number of phenolic OH excluding ortho intramolecular Hbond substituents is 2. The van der Waals surface area contributed by atoms with Gasteiger partial charge in [-0.05, 0) is 41.8 Å². The monoisotopic (exact) mass is 418 g/mol. The molecule has 1 fully saturated rings. The number of benzene rings is 2. The number of phenols is 2. The maximum absolute atomic E-state index is 10.1. The van der Waals surface area contributed by atoms with Crippen LogP contribution in [0.15, 0.2) is 24.3 Å². The van der Waals surface area contributed by atoms with Crippen molar-refractivity contribution in [2.75, 3.05) is 48.2 Å². The van der Waals surface area contributed by atoms with Gasteiger partial charge in [-0.2, -0.15) is 0 Å². The molecule has 1 saturated heterocycles. The van der Waals surface area contributed by atoms with E-state index in [1.807, 2.05) is 24.3 Å². The van der Waals surface area contributed by atoms with Crippen molar-refractivity contribution >= 4 is 0 Å². The van der Waals surface area contributed by atoms with Gasteiger partial charge in [-0.15, -0.1) is 0 Å². The van der Waals surface area contributed by atoms with Crippen molar-refractivity contribution in [3.63, 3.8) is 0 Å². The van der Waals surface area contributed by atoms with E-state index in [2.05, 4.69) is 9.80 Å². The fourth-order valence-corrected chi connectivity index (χ4v) is 3.79. The Balaban J connectivity index is 1.71. The fraction of sp³-hybridized carbons (Fsp3) is 0.455. The number of aromatic hydroxyl groups is 2. The third kappa shape index (κ3) is 4.83. The summed E-state index contributed by atoms with van der Waals surface area (Å²) in [6.07, 6.45) is 1.04. The zero-order valence-electron chi connectivity index (χ0n) is 18.0. The normalized spacial score (nSPS) is 15.1. The lowest BCUT2D eigenvalue weighted by atomic mass is 10.1. The van der Waals surface area contributed by atoms with Gasteiger partial charge in [-0.1, -0.05) is 0 Å². The van der Waals surface area contributed by atoms with Crippen LogP contribution in [0, 0.1) is 0 Å². The lowest BCUT2D eigenvalue weighted by molar-refractivity contribution is 0.0743. The van der Waals surface area contributed by atoms with Crippen LogP contribution in [0.3, 0.4) is 0 Å². The van der Waals surface area contributed by atoms with Crippen LogP contribution < -0.4 is 18.9 Å². The first kappa shape index (κ1) is 21.9. The van der Waals surface area contributed by atoms with Gasteiger partial charge >= 0.3 is 0 Å². The Hall–Kier alpha value is -2.84. The van der Waals surface area contributed by atoms with Crippen LogP contribution >= 0.6 is 0 Å². The number of methoxy groups -OCH3 is 4. The smallest absolute Gasteiger partial charge is 0.200 e. The Morgan fingerprint density at radius 1 is 0.667 bits per heavy atom. The Bertz CT molecular complexity index is 753. The van der Waals surface area contributed by atoms with E-state index < -0.39 is 0 Å². The quantitative estimate of drug-likeness (QED) is 0.677. The molecular formula is C22H30N2O6. The van der Waals surface area contributed by atoms with Gasteiger partial charge in [-0.25, -0.2) is 0 Å².